The van der Waals surface area contributed by atoms with Gasteiger partial charge in [0.2, 0.25) is 0 Å². The lowest BCUT2D eigenvalue weighted by Gasteiger charge is -2.07. The molecule has 0 saturated carbocycles. The van der Waals surface area contributed by atoms with E-state index in [2.05, 4.69) is 13.5 Å². The third kappa shape index (κ3) is 9.62. The van der Waals surface area contributed by atoms with Crippen LogP contribution in [0.2, 0.25) is 0 Å². The van der Waals surface area contributed by atoms with Crippen LogP contribution in [0.25, 0.3) is 0 Å². The van der Waals surface area contributed by atoms with Gasteiger partial charge in [0.05, 0.1) is 6.10 Å². The van der Waals surface area contributed by atoms with Gasteiger partial charge in [0, 0.05) is 6.61 Å². The molecule has 78 valence electrons. The normalized spacial score (nSPS) is 12.8. The Morgan fingerprint density at radius 3 is 2.38 bits per heavy atom. The highest BCUT2D eigenvalue weighted by Crippen LogP contribution is 2.05. The molecule has 0 rings (SSSR count). The molecule has 0 aliphatic heterocycles. The van der Waals surface area contributed by atoms with Gasteiger partial charge in [0.1, 0.15) is 0 Å². The topological polar surface area (TPSA) is 9.23 Å². The third-order valence-corrected chi connectivity index (χ3v) is 2.21. The van der Waals surface area contributed by atoms with E-state index in [4.69, 9.17) is 4.74 Å². The van der Waals surface area contributed by atoms with Gasteiger partial charge in [0.15, 0.2) is 0 Å². The molecule has 0 aromatic heterocycles. The molecular weight excluding hydrogens is 160 g/mol. The average Bonchev–Trinajstić information content (AvgIpc) is 2.16. The SMILES string of the molecule is C=CC(C)OCCCCCCCC. The molecule has 1 unspecified atom stereocenters. The molecule has 1 atom stereocenters. The molecule has 1 nitrogen and oxygen atoms in total. The first-order chi connectivity index (χ1) is 6.31. The number of hydrogen-bond donors (Lipinski definition) is 0. The minimum absolute atomic E-state index is 0.218. The maximum Gasteiger partial charge on any atom is 0.0725 e. The van der Waals surface area contributed by atoms with Gasteiger partial charge >= 0.3 is 0 Å². The fourth-order valence-electron chi connectivity index (χ4n) is 1.22. The molecule has 0 aliphatic rings. The van der Waals surface area contributed by atoms with Crippen LogP contribution in [0.15, 0.2) is 12.7 Å². The minimum atomic E-state index is 0.218. The van der Waals surface area contributed by atoms with Gasteiger partial charge in [-0.3, -0.25) is 0 Å². The molecule has 0 amide bonds. The zero-order valence-electron chi connectivity index (χ0n) is 9.22. The first-order valence-corrected chi connectivity index (χ1v) is 5.55. The lowest BCUT2D eigenvalue weighted by molar-refractivity contribution is 0.0941. The van der Waals surface area contributed by atoms with Crippen LogP contribution in [0.1, 0.15) is 52.4 Å². The van der Waals surface area contributed by atoms with Gasteiger partial charge in [-0.25, -0.2) is 0 Å². The highest BCUT2D eigenvalue weighted by atomic mass is 16.5. The van der Waals surface area contributed by atoms with Gasteiger partial charge in [-0.15, -0.1) is 6.58 Å². The van der Waals surface area contributed by atoms with Gasteiger partial charge < -0.3 is 4.74 Å². The predicted octanol–water partition coefficient (Wildman–Crippen LogP) is 3.94. The molecule has 0 aromatic carbocycles. The Hall–Kier alpha value is -0.300. The van der Waals surface area contributed by atoms with Gasteiger partial charge in [-0.05, 0) is 13.3 Å². The second-order valence-electron chi connectivity index (χ2n) is 3.58. The molecule has 0 N–H and O–H groups in total. The largest absolute Gasteiger partial charge is 0.374 e. The molecule has 1 heteroatoms. The molecular formula is C12H24O. The average molecular weight is 184 g/mol. The van der Waals surface area contributed by atoms with E-state index in [0.29, 0.717) is 0 Å². The number of ether oxygens (including phenoxy) is 1. The summed E-state index contributed by atoms with van der Waals surface area (Å²) in [4.78, 5) is 0. The summed E-state index contributed by atoms with van der Waals surface area (Å²) < 4.78 is 5.48. The van der Waals surface area contributed by atoms with Crippen LogP contribution in [0, 0.1) is 0 Å². The molecule has 0 aromatic rings. The molecule has 0 aliphatic carbocycles. The van der Waals surface area contributed by atoms with Crippen molar-refractivity contribution in [3.05, 3.63) is 12.7 Å². The Morgan fingerprint density at radius 1 is 1.15 bits per heavy atom. The number of hydrogen-bond acceptors (Lipinski definition) is 1. The lowest BCUT2D eigenvalue weighted by atomic mass is 10.1. The number of rotatable bonds is 9. The Morgan fingerprint density at radius 2 is 1.77 bits per heavy atom. The molecule has 0 fully saturated rings. The van der Waals surface area contributed by atoms with Crippen LogP contribution in [0.5, 0.6) is 0 Å². The predicted molar refractivity (Wildman–Crippen MR) is 59.0 cm³/mol. The standard InChI is InChI=1S/C12H24O/c1-4-6-7-8-9-10-11-13-12(3)5-2/h5,12H,2,4,6-11H2,1,3H3. The van der Waals surface area contributed by atoms with Crippen LogP contribution in [-0.4, -0.2) is 12.7 Å². The van der Waals surface area contributed by atoms with Crippen molar-refractivity contribution in [2.24, 2.45) is 0 Å². The first kappa shape index (κ1) is 12.7. The van der Waals surface area contributed by atoms with Crippen molar-refractivity contribution in [3.8, 4) is 0 Å². The quantitative estimate of drug-likeness (QED) is 0.389. The van der Waals surface area contributed by atoms with Crippen molar-refractivity contribution < 1.29 is 4.74 Å². The maximum atomic E-state index is 5.48. The summed E-state index contributed by atoms with van der Waals surface area (Å²) in [6.45, 7) is 8.84. The second-order valence-corrected chi connectivity index (χ2v) is 3.58. The summed E-state index contributed by atoms with van der Waals surface area (Å²) in [5, 5.41) is 0. The van der Waals surface area contributed by atoms with E-state index in [1.54, 1.807) is 0 Å². The van der Waals surface area contributed by atoms with Crippen LogP contribution in [0.3, 0.4) is 0 Å². The summed E-state index contributed by atoms with van der Waals surface area (Å²) in [6.07, 6.45) is 10.0. The fraction of sp³-hybridized carbons (Fsp3) is 0.833. The van der Waals surface area contributed by atoms with Crippen molar-refractivity contribution in [2.45, 2.75) is 58.5 Å². The van der Waals surface area contributed by atoms with Gasteiger partial charge in [-0.2, -0.15) is 0 Å². The van der Waals surface area contributed by atoms with Gasteiger partial charge in [-0.1, -0.05) is 45.1 Å². The zero-order chi connectivity index (χ0) is 9.94. The lowest BCUT2D eigenvalue weighted by Crippen LogP contribution is -2.04. The molecule has 0 spiro atoms. The van der Waals surface area contributed by atoms with E-state index in [9.17, 15) is 0 Å². The monoisotopic (exact) mass is 184 g/mol. The Labute approximate surface area is 83.2 Å². The Kier molecular flexibility index (Phi) is 9.56. The Bertz CT molecular complexity index is 110. The van der Waals surface area contributed by atoms with E-state index < -0.39 is 0 Å². The molecule has 0 saturated heterocycles. The van der Waals surface area contributed by atoms with E-state index in [0.717, 1.165) is 6.61 Å². The van der Waals surface area contributed by atoms with Crippen LogP contribution < -0.4 is 0 Å². The summed E-state index contributed by atoms with van der Waals surface area (Å²) in [6, 6.07) is 0. The van der Waals surface area contributed by atoms with Crippen LogP contribution in [0.4, 0.5) is 0 Å². The molecule has 13 heavy (non-hydrogen) atoms. The van der Waals surface area contributed by atoms with Crippen molar-refractivity contribution in [3.63, 3.8) is 0 Å². The summed E-state index contributed by atoms with van der Waals surface area (Å²) >= 11 is 0. The van der Waals surface area contributed by atoms with E-state index >= 15 is 0 Å². The maximum absolute atomic E-state index is 5.48. The molecule has 0 heterocycles. The van der Waals surface area contributed by atoms with Crippen molar-refractivity contribution >= 4 is 0 Å². The zero-order valence-corrected chi connectivity index (χ0v) is 9.22. The van der Waals surface area contributed by atoms with E-state index in [-0.39, 0.29) is 6.10 Å². The van der Waals surface area contributed by atoms with Crippen molar-refractivity contribution in [1.29, 1.82) is 0 Å². The summed E-state index contributed by atoms with van der Waals surface area (Å²) in [5.41, 5.74) is 0. The fourth-order valence-corrected chi connectivity index (χ4v) is 1.22. The number of unbranched alkanes of at least 4 members (excludes halogenated alkanes) is 5. The molecule has 0 bridgehead atoms. The van der Waals surface area contributed by atoms with Crippen LogP contribution in [-0.2, 0) is 4.74 Å². The summed E-state index contributed by atoms with van der Waals surface area (Å²) in [7, 11) is 0. The summed E-state index contributed by atoms with van der Waals surface area (Å²) in [5.74, 6) is 0. The van der Waals surface area contributed by atoms with E-state index in [1.165, 1.54) is 38.5 Å². The first-order valence-electron chi connectivity index (χ1n) is 5.55. The minimum Gasteiger partial charge on any atom is -0.374 e. The highest BCUT2D eigenvalue weighted by Gasteiger charge is 1.94. The molecule has 0 radical (unpaired) electrons. The van der Waals surface area contributed by atoms with Crippen LogP contribution >= 0.6 is 0 Å². The third-order valence-electron chi connectivity index (χ3n) is 2.21. The highest BCUT2D eigenvalue weighted by molar-refractivity contribution is 4.74. The smallest absolute Gasteiger partial charge is 0.0725 e. The van der Waals surface area contributed by atoms with E-state index in [1.807, 2.05) is 13.0 Å². The van der Waals surface area contributed by atoms with Crippen molar-refractivity contribution in [2.75, 3.05) is 6.61 Å². The Balaban J connectivity index is 2.95. The van der Waals surface area contributed by atoms with Crippen molar-refractivity contribution in [1.82, 2.24) is 0 Å². The van der Waals surface area contributed by atoms with Gasteiger partial charge in [0.25, 0.3) is 0 Å². The second kappa shape index (κ2) is 9.79.